The Hall–Kier alpha value is -2.49. The zero-order chi connectivity index (χ0) is 22.3. The maximum absolute atomic E-state index is 14.1. The van der Waals surface area contributed by atoms with E-state index < -0.39 is 5.92 Å². The standard InChI is InChI=1S/C23H25ClF2O.CO2/c1-4-17-7-10-22(16(3)15(17)2)27-14-19-13-23(25,26)12-11-21(19)18-5-8-20(24)9-6-18;2-1-3/h5-10H,4,11-14H2,1-3H3;. The molecule has 0 spiro atoms. The number of ether oxygens (including phenoxy) is 1. The SMILES string of the molecule is CCc1ccc(OCC2=C(c3ccc(Cl)cc3)CCC(F)(F)C2)c(C)c1C.O=C=O. The van der Waals surface area contributed by atoms with Gasteiger partial charge in [-0.3, -0.25) is 0 Å². The predicted octanol–water partition coefficient (Wildman–Crippen LogP) is 6.59. The molecule has 30 heavy (non-hydrogen) atoms. The molecule has 0 atom stereocenters. The molecule has 3 nitrogen and oxygen atoms in total. The average molecular weight is 435 g/mol. The first-order valence-corrected chi connectivity index (χ1v) is 10.2. The molecule has 0 N–H and O–H groups in total. The maximum atomic E-state index is 14.1. The molecule has 2 aromatic rings. The van der Waals surface area contributed by atoms with Crippen LogP contribution in [0.2, 0.25) is 5.02 Å². The molecule has 0 amide bonds. The third-order valence-corrected chi connectivity index (χ3v) is 5.72. The largest absolute Gasteiger partial charge is 0.489 e. The summed E-state index contributed by atoms with van der Waals surface area (Å²) in [6.07, 6.45) is 1.18. The van der Waals surface area contributed by atoms with E-state index in [0.717, 1.165) is 28.9 Å². The summed E-state index contributed by atoms with van der Waals surface area (Å²) in [5.74, 6) is -1.91. The summed E-state index contributed by atoms with van der Waals surface area (Å²) in [6.45, 7) is 6.40. The van der Waals surface area contributed by atoms with Crippen molar-refractivity contribution in [3.8, 4) is 5.75 Å². The third-order valence-electron chi connectivity index (χ3n) is 5.46. The number of allylic oxidation sites excluding steroid dienone is 1. The Morgan fingerprint density at radius 3 is 2.30 bits per heavy atom. The van der Waals surface area contributed by atoms with Crippen molar-refractivity contribution in [2.45, 2.75) is 52.4 Å². The van der Waals surface area contributed by atoms with Gasteiger partial charge >= 0.3 is 6.15 Å². The van der Waals surface area contributed by atoms with Crippen molar-refractivity contribution in [1.29, 1.82) is 0 Å². The van der Waals surface area contributed by atoms with Crippen LogP contribution in [0.4, 0.5) is 8.78 Å². The lowest BCUT2D eigenvalue weighted by atomic mass is 9.85. The van der Waals surface area contributed by atoms with E-state index in [0.29, 0.717) is 17.0 Å². The van der Waals surface area contributed by atoms with Gasteiger partial charge in [-0.1, -0.05) is 36.7 Å². The van der Waals surface area contributed by atoms with Gasteiger partial charge in [0.2, 0.25) is 0 Å². The molecular formula is C24H25ClF2O3. The Morgan fingerprint density at radius 1 is 1.07 bits per heavy atom. The van der Waals surface area contributed by atoms with Crippen molar-refractivity contribution in [2.24, 2.45) is 0 Å². The van der Waals surface area contributed by atoms with Crippen molar-refractivity contribution < 1.29 is 23.1 Å². The second-order valence-electron chi connectivity index (χ2n) is 7.32. The zero-order valence-corrected chi connectivity index (χ0v) is 18.1. The number of benzene rings is 2. The van der Waals surface area contributed by atoms with Crippen LogP contribution >= 0.6 is 11.6 Å². The summed E-state index contributed by atoms with van der Waals surface area (Å²) < 4.78 is 34.1. The Kier molecular flexibility index (Phi) is 8.33. The van der Waals surface area contributed by atoms with Gasteiger partial charge in [-0.15, -0.1) is 0 Å². The lowest BCUT2D eigenvalue weighted by Gasteiger charge is -2.28. The molecule has 0 saturated heterocycles. The van der Waals surface area contributed by atoms with Gasteiger partial charge in [0.25, 0.3) is 5.92 Å². The number of halogens is 3. The van der Waals surface area contributed by atoms with Crippen molar-refractivity contribution in [2.75, 3.05) is 6.61 Å². The minimum absolute atomic E-state index is 0.127. The monoisotopic (exact) mass is 434 g/mol. The molecule has 2 aromatic carbocycles. The second-order valence-corrected chi connectivity index (χ2v) is 7.76. The molecule has 1 aliphatic carbocycles. The maximum Gasteiger partial charge on any atom is 0.373 e. The number of carbonyl (C=O) groups excluding carboxylic acids is 2. The Bertz CT molecular complexity index is 944. The van der Waals surface area contributed by atoms with E-state index in [-0.39, 0.29) is 25.6 Å². The minimum Gasteiger partial charge on any atom is -0.489 e. The summed E-state index contributed by atoms with van der Waals surface area (Å²) in [4.78, 5) is 16.2. The molecule has 0 aromatic heterocycles. The van der Waals surface area contributed by atoms with Crippen LogP contribution in [0.25, 0.3) is 5.57 Å². The highest BCUT2D eigenvalue weighted by molar-refractivity contribution is 6.30. The van der Waals surface area contributed by atoms with Crippen LogP contribution in [0.1, 0.15) is 48.4 Å². The molecule has 0 bridgehead atoms. The van der Waals surface area contributed by atoms with E-state index >= 15 is 0 Å². The van der Waals surface area contributed by atoms with E-state index in [1.807, 2.05) is 25.1 Å². The van der Waals surface area contributed by atoms with Gasteiger partial charge in [-0.05, 0) is 78.3 Å². The van der Waals surface area contributed by atoms with E-state index in [2.05, 4.69) is 19.9 Å². The molecule has 0 aliphatic heterocycles. The highest BCUT2D eigenvalue weighted by atomic mass is 35.5. The van der Waals surface area contributed by atoms with Gasteiger partial charge in [-0.25, -0.2) is 8.78 Å². The minimum atomic E-state index is -2.67. The highest BCUT2D eigenvalue weighted by Gasteiger charge is 2.35. The van der Waals surface area contributed by atoms with Gasteiger partial charge in [0, 0.05) is 17.9 Å². The van der Waals surface area contributed by atoms with Crippen molar-refractivity contribution in [3.05, 3.63) is 69.2 Å². The van der Waals surface area contributed by atoms with Crippen LogP contribution < -0.4 is 4.74 Å². The second kappa shape index (κ2) is 10.5. The Morgan fingerprint density at radius 2 is 1.70 bits per heavy atom. The van der Waals surface area contributed by atoms with E-state index in [1.54, 1.807) is 12.1 Å². The number of hydrogen-bond acceptors (Lipinski definition) is 3. The highest BCUT2D eigenvalue weighted by Crippen LogP contribution is 2.41. The van der Waals surface area contributed by atoms with E-state index in [4.69, 9.17) is 25.9 Å². The van der Waals surface area contributed by atoms with Gasteiger partial charge in [0.15, 0.2) is 0 Å². The van der Waals surface area contributed by atoms with Gasteiger partial charge in [0.1, 0.15) is 12.4 Å². The summed E-state index contributed by atoms with van der Waals surface area (Å²) in [7, 11) is 0. The summed E-state index contributed by atoms with van der Waals surface area (Å²) >= 11 is 5.97. The fourth-order valence-electron chi connectivity index (χ4n) is 3.69. The first-order chi connectivity index (χ1) is 14.2. The topological polar surface area (TPSA) is 43.4 Å². The molecule has 6 heteroatoms. The molecule has 0 fully saturated rings. The molecule has 160 valence electrons. The molecule has 1 aliphatic rings. The molecule has 0 saturated carbocycles. The van der Waals surface area contributed by atoms with Crippen LogP contribution in [0, 0.1) is 13.8 Å². The van der Waals surface area contributed by atoms with Crippen molar-refractivity contribution in [3.63, 3.8) is 0 Å². The fourth-order valence-corrected chi connectivity index (χ4v) is 3.81. The van der Waals surface area contributed by atoms with E-state index in [1.165, 1.54) is 11.1 Å². The summed E-state index contributed by atoms with van der Waals surface area (Å²) in [5, 5.41) is 0.639. The van der Waals surface area contributed by atoms with E-state index in [9.17, 15) is 8.78 Å². The quantitative estimate of drug-likeness (QED) is 0.533. The summed E-state index contributed by atoms with van der Waals surface area (Å²) in [5.41, 5.74) is 6.14. The van der Waals surface area contributed by atoms with Gasteiger partial charge in [0.05, 0.1) is 0 Å². The van der Waals surface area contributed by atoms with Gasteiger partial charge in [-0.2, -0.15) is 9.59 Å². The lowest BCUT2D eigenvalue weighted by Crippen LogP contribution is -2.24. The van der Waals surface area contributed by atoms with Crippen LogP contribution in [0.5, 0.6) is 5.75 Å². The lowest BCUT2D eigenvalue weighted by molar-refractivity contribution is -0.191. The number of alkyl halides is 2. The van der Waals surface area contributed by atoms with Crippen LogP contribution in [-0.4, -0.2) is 18.7 Å². The zero-order valence-electron chi connectivity index (χ0n) is 17.4. The predicted molar refractivity (Wildman–Crippen MR) is 113 cm³/mol. The normalized spacial score (nSPS) is 15.1. The first kappa shape index (κ1) is 23.8. The molecular weight excluding hydrogens is 410 g/mol. The smallest absolute Gasteiger partial charge is 0.373 e. The Labute approximate surface area is 180 Å². The van der Waals surface area contributed by atoms with Gasteiger partial charge < -0.3 is 4.74 Å². The molecule has 3 rings (SSSR count). The average Bonchev–Trinajstić information content (AvgIpc) is 2.70. The molecule has 0 unspecified atom stereocenters. The van der Waals surface area contributed by atoms with Crippen molar-refractivity contribution >= 4 is 23.3 Å². The summed E-state index contributed by atoms with van der Waals surface area (Å²) in [6, 6.07) is 11.4. The fraction of sp³-hybridized carbons (Fsp3) is 0.375. The van der Waals surface area contributed by atoms with Crippen LogP contribution in [0.3, 0.4) is 0 Å². The Balaban J connectivity index is 0.00000101. The number of aryl methyl sites for hydroxylation is 1. The number of rotatable bonds is 5. The third kappa shape index (κ3) is 6.01. The molecule has 0 radical (unpaired) electrons. The first-order valence-electron chi connectivity index (χ1n) is 9.78. The van der Waals surface area contributed by atoms with Crippen LogP contribution in [0.15, 0.2) is 42.0 Å². The van der Waals surface area contributed by atoms with Crippen LogP contribution in [-0.2, 0) is 16.0 Å². The molecule has 0 heterocycles. The number of hydrogen-bond donors (Lipinski definition) is 0. The van der Waals surface area contributed by atoms with Crippen molar-refractivity contribution in [1.82, 2.24) is 0 Å².